The van der Waals surface area contributed by atoms with Crippen LogP contribution in [0.15, 0.2) is 24.5 Å². The van der Waals surface area contributed by atoms with Gasteiger partial charge in [-0.15, -0.1) is 0 Å². The predicted octanol–water partition coefficient (Wildman–Crippen LogP) is 1.93. The van der Waals surface area contributed by atoms with Crippen molar-refractivity contribution in [3.05, 3.63) is 36.2 Å². The Labute approximate surface area is 81.2 Å². The second-order valence-electron chi connectivity index (χ2n) is 3.13. The van der Waals surface area contributed by atoms with Crippen molar-refractivity contribution in [1.29, 1.82) is 0 Å². The Morgan fingerprint density at radius 3 is 2.71 bits per heavy atom. The van der Waals surface area contributed by atoms with Gasteiger partial charge in [0, 0.05) is 25.0 Å². The fraction of sp³-hybridized carbons (Fsp3) is 0.200. The van der Waals surface area contributed by atoms with E-state index in [0.29, 0.717) is 5.69 Å². The Kier molecular flexibility index (Phi) is 2.04. The van der Waals surface area contributed by atoms with Crippen LogP contribution >= 0.6 is 0 Å². The SMILES string of the molecule is Cc1nc(F)ccc1-c1nccn1C. The molecular formula is C10H10FN3. The summed E-state index contributed by atoms with van der Waals surface area (Å²) in [5.41, 5.74) is 1.51. The molecule has 0 amide bonds. The van der Waals surface area contributed by atoms with Crippen molar-refractivity contribution in [2.24, 2.45) is 7.05 Å². The first-order valence-electron chi connectivity index (χ1n) is 4.29. The van der Waals surface area contributed by atoms with Crippen molar-refractivity contribution in [2.75, 3.05) is 0 Å². The minimum atomic E-state index is -0.458. The normalized spacial score (nSPS) is 10.5. The Morgan fingerprint density at radius 1 is 1.36 bits per heavy atom. The monoisotopic (exact) mass is 191 g/mol. The zero-order valence-electron chi connectivity index (χ0n) is 8.03. The highest BCUT2D eigenvalue weighted by atomic mass is 19.1. The third-order valence-corrected chi connectivity index (χ3v) is 2.11. The van der Waals surface area contributed by atoms with Gasteiger partial charge in [0.1, 0.15) is 5.82 Å². The highest BCUT2D eigenvalue weighted by Gasteiger charge is 2.07. The molecule has 14 heavy (non-hydrogen) atoms. The number of hydrogen-bond acceptors (Lipinski definition) is 2. The molecule has 4 heteroatoms. The van der Waals surface area contributed by atoms with Gasteiger partial charge in [0.2, 0.25) is 5.95 Å². The van der Waals surface area contributed by atoms with E-state index in [1.165, 1.54) is 6.07 Å². The Balaban J connectivity index is 2.58. The van der Waals surface area contributed by atoms with Gasteiger partial charge in [0.05, 0.1) is 5.69 Å². The van der Waals surface area contributed by atoms with Crippen LogP contribution in [0.5, 0.6) is 0 Å². The first kappa shape index (κ1) is 8.87. The maximum atomic E-state index is 12.8. The van der Waals surface area contributed by atoms with E-state index >= 15 is 0 Å². The van der Waals surface area contributed by atoms with E-state index in [1.54, 1.807) is 19.2 Å². The lowest BCUT2D eigenvalue weighted by molar-refractivity contribution is 0.580. The fourth-order valence-corrected chi connectivity index (χ4v) is 1.39. The summed E-state index contributed by atoms with van der Waals surface area (Å²) in [5, 5.41) is 0. The summed E-state index contributed by atoms with van der Waals surface area (Å²) in [6.45, 7) is 1.77. The molecule has 0 aromatic carbocycles. The van der Waals surface area contributed by atoms with Crippen LogP contribution in [0.4, 0.5) is 4.39 Å². The van der Waals surface area contributed by atoms with Crippen LogP contribution in [0.25, 0.3) is 11.4 Å². The molecule has 0 aliphatic carbocycles. The van der Waals surface area contributed by atoms with Gasteiger partial charge in [0.25, 0.3) is 0 Å². The van der Waals surface area contributed by atoms with Gasteiger partial charge in [-0.05, 0) is 19.1 Å². The smallest absolute Gasteiger partial charge is 0.213 e. The van der Waals surface area contributed by atoms with Crippen molar-refractivity contribution in [2.45, 2.75) is 6.92 Å². The molecule has 2 aromatic heterocycles. The first-order chi connectivity index (χ1) is 6.68. The molecule has 0 fully saturated rings. The fourth-order valence-electron chi connectivity index (χ4n) is 1.39. The van der Waals surface area contributed by atoms with Gasteiger partial charge >= 0.3 is 0 Å². The molecule has 0 aliphatic heterocycles. The number of nitrogens with zero attached hydrogens (tertiary/aromatic N) is 3. The number of pyridine rings is 1. The third kappa shape index (κ3) is 1.39. The lowest BCUT2D eigenvalue weighted by Crippen LogP contribution is -1.96. The molecule has 0 atom stereocenters. The van der Waals surface area contributed by atoms with E-state index in [9.17, 15) is 4.39 Å². The first-order valence-corrected chi connectivity index (χ1v) is 4.29. The molecule has 0 radical (unpaired) electrons. The summed E-state index contributed by atoms with van der Waals surface area (Å²) < 4.78 is 14.6. The van der Waals surface area contributed by atoms with Gasteiger partial charge < -0.3 is 4.57 Å². The van der Waals surface area contributed by atoms with Gasteiger partial charge in [-0.1, -0.05) is 0 Å². The van der Waals surface area contributed by atoms with Crippen LogP contribution in [0.2, 0.25) is 0 Å². The standard InChI is InChI=1S/C10H10FN3/c1-7-8(3-4-9(11)13-7)10-12-5-6-14(10)2/h3-6H,1-2H3. The van der Waals surface area contributed by atoms with Crippen LogP contribution in [0.1, 0.15) is 5.69 Å². The number of aryl methyl sites for hydroxylation is 2. The molecule has 2 aromatic rings. The average molecular weight is 191 g/mol. The maximum absolute atomic E-state index is 12.8. The Hall–Kier alpha value is -1.71. The van der Waals surface area contributed by atoms with Crippen LogP contribution < -0.4 is 0 Å². The van der Waals surface area contributed by atoms with Gasteiger partial charge in [0.15, 0.2) is 0 Å². The quantitative estimate of drug-likeness (QED) is 0.645. The molecule has 0 spiro atoms. The highest BCUT2D eigenvalue weighted by Crippen LogP contribution is 2.19. The summed E-state index contributed by atoms with van der Waals surface area (Å²) in [7, 11) is 1.89. The molecule has 72 valence electrons. The Bertz CT molecular complexity index is 462. The molecule has 0 unspecified atom stereocenters. The number of hydrogen-bond donors (Lipinski definition) is 0. The lowest BCUT2D eigenvalue weighted by atomic mass is 10.2. The van der Waals surface area contributed by atoms with E-state index in [0.717, 1.165) is 11.4 Å². The molecule has 0 saturated heterocycles. The molecule has 0 N–H and O–H groups in total. The Morgan fingerprint density at radius 2 is 2.14 bits per heavy atom. The van der Waals surface area contributed by atoms with Crippen LogP contribution in [0, 0.1) is 12.9 Å². The molecule has 0 saturated carbocycles. The number of aromatic nitrogens is 3. The van der Waals surface area contributed by atoms with Crippen molar-refractivity contribution in [3.63, 3.8) is 0 Å². The van der Waals surface area contributed by atoms with Crippen LogP contribution in [-0.4, -0.2) is 14.5 Å². The number of imidazole rings is 1. The van der Waals surface area contributed by atoms with Crippen molar-refractivity contribution in [3.8, 4) is 11.4 Å². The largest absolute Gasteiger partial charge is 0.334 e. The van der Waals surface area contributed by atoms with E-state index in [1.807, 2.05) is 17.8 Å². The molecular weight excluding hydrogens is 181 g/mol. The molecule has 3 nitrogen and oxygen atoms in total. The lowest BCUT2D eigenvalue weighted by Gasteiger charge is -2.04. The van der Waals surface area contributed by atoms with Crippen LogP contribution in [0.3, 0.4) is 0 Å². The summed E-state index contributed by atoms with van der Waals surface area (Å²) in [6, 6.07) is 3.04. The number of halogens is 1. The zero-order chi connectivity index (χ0) is 10.1. The third-order valence-electron chi connectivity index (χ3n) is 2.11. The van der Waals surface area contributed by atoms with E-state index in [4.69, 9.17) is 0 Å². The van der Waals surface area contributed by atoms with Gasteiger partial charge in [-0.2, -0.15) is 4.39 Å². The van der Waals surface area contributed by atoms with Crippen molar-refractivity contribution >= 4 is 0 Å². The second-order valence-corrected chi connectivity index (χ2v) is 3.13. The molecule has 0 aliphatic rings. The van der Waals surface area contributed by atoms with E-state index in [2.05, 4.69) is 9.97 Å². The molecule has 2 rings (SSSR count). The van der Waals surface area contributed by atoms with Gasteiger partial charge in [-0.25, -0.2) is 9.97 Å². The summed E-state index contributed by atoms with van der Waals surface area (Å²) >= 11 is 0. The van der Waals surface area contributed by atoms with E-state index in [-0.39, 0.29) is 0 Å². The molecule has 0 bridgehead atoms. The predicted molar refractivity (Wildman–Crippen MR) is 51.1 cm³/mol. The van der Waals surface area contributed by atoms with E-state index < -0.39 is 5.95 Å². The van der Waals surface area contributed by atoms with Crippen LogP contribution in [-0.2, 0) is 7.05 Å². The minimum Gasteiger partial charge on any atom is -0.334 e. The maximum Gasteiger partial charge on any atom is 0.213 e. The van der Waals surface area contributed by atoms with Crippen molar-refractivity contribution in [1.82, 2.24) is 14.5 Å². The summed E-state index contributed by atoms with van der Waals surface area (Å²) in [6.07, 6.45) is 3.55. The average Bonchev–Trinajstić information content (AvgIpc) is 2.52. The summed E-state index contributed by atoms with van der Waals surface area (Å²) in [4.78, 5) is 7.93. The second kappa shape index (κ2) is 3.21. The topological polar surface area (TPSA) is 30.7 Å². The number of rotatable bonds is 1. The summed E-state index contributed by atoms with van der Waals surface area (Å²) in [5.74, 6) is 0.343. The van der Waals surface area contributed by atoms with Gasteiger partial charge in [-0.3, -0.25) is 0 Å². The highest BCUT2D eigenvalue weighted by molar-refractivity contribution is 5.57. The zero-order valence-corrected chi connectivity index (χ0v) is 8.03. The molecule has 2 heterocycles. The van der Waals surface area contributed by atoms with Crippen molar-refractivity contribution < 1.29 is 4.39 Å². The minimum absolute atomic E-state index is 0.458.